The van der Waals surface area contributed by atoms with Crippen molar-refractivity contribution in [3.8, 4) is 20.3 Å². The average molecular weight is 803 g/mol. The van der Waals surface area contributed by atoms with Crippen LogP contribution in [0.2, 0.25) is 0 Å². The second kappa shape index (κ2) is 19.7. The summed E-state index contributed by atoms with van der Waals surface area (Å²) >= 11 is 5.23. The van der Waals surface area contributed by atoms with E-state index in [0.29, 0.717) is 38.5 Å². The zero-order chi connectivity index (χ0) is 35.3. The number of thioether (sulfide) groups is 1. The van der Waals surface area contributed by atoms with Crippen molar-refractivity contribution >= 4 is 76.7 Å². The standard InChI is InChI=1S/C16H16N2O2SSe.C15H14N2O2Se.C4H10S/c1-9(2)8-21-13-6-5-11(7-12(13)17-4)15-18-10(3)14(22-15)16(19)20;1-5-19-15(18)13-10(3)17-14(20-13)11-7-6-9(2)12(8-11)16-4;1-4(2)3-5/h5-7,9H,8H2,1-3H3,(H,19,20);6-8H,5H2,1-3H3;4-5H,3H2,1-2H3. The number of hydrogen-bond donors (Lipinski definition) is 2. The van der Waals surface area contributed by atoms with Gasteiger partial charge in [0.05, 0.1) is 0 Å². The molecule has 0 saturated heterocycles. The molecule has 47 heavy (non-hydrogen) atoms. The number of carboxylic acid groups (broad SMARTS) is 1. The summed E-state index contributed by atoms with van der Waals surface area (Å²) in [5.41, 5.74) is 5.26. The molecule has 4 rings (SSSR count). The third-order valence-corrected chi connectivity index (χ3v) is 13.3. The number of nitrogens with zero attached hydrogens (tertiary/aromatic N) is 4. The van der Waals surface area contributed by atoms with E-state index in [1.807, 2.05) is 50.2 Å². The molecular formula is C35H40N4O4S2Se2. The summed E-state index contributed by atoms with van der Waals surface area (Å²) in [5, 5.41) is 9.15. The van der Waals surface area contributed by atoms with Gasteiger partial charge in [0.1, 0.15) is 0 Å². The van der Waals surface area contributed by atoms with Crippen molar-refractivity contribution in [1.29, 1.82) is 0 Å². The summed E-state index contributed by atoms with van der Waals surface area (Å²) in [6.07, 6.45) is 0. The fourth-order valence-electron chi connectivity index (χ4n) is 3.60. The summed E-state index contributed by atoms with van der Waals surface area (Å²) in [6, 6.07) is 11.4. The van der Waals surface area contributed by atoms with Gasteiger partial charge in [-0.1, -0.05) is 13.8 Å². The molecule has 0 fully saturated rings. The van der Waals surface area contributed by atoms with E-state index < -0.39 is 5.97 Å². The Morgan fingerprint density at radius 1 is 0.894 bits per heavy atom. The van der Waals surface area contributed by atoms with E-state index in [9.17, 15) is 9.59 Å². The minimum absolute atomic E-state index is 0.162. The van der Waals surface area contributed by atoms with Crippen LogP contribution in [0.15, 0.2) is 41.3 Å². The predicted octanol–water partition coefficient (Wildman–Crippen LogP) is 8.83. The Balaban J connectivity index is 0.000000287. The molecule has 0 bridgehead atoms. The Hall–Kier alpha value is -3.08. The van der Waals surface area contributed by atoms with Crippen molar-refractivity contribution in [2.24, 2.45) is 11.8 Å². The quantitative estimate of drug-likeness (QED) is 0.0574. The summed E-state index contributed by atoms with van der Waals surface area (Å²) in [6.45, 7) is 30.7. The van der Waals surface area contributed by atoms with Crippen LogP contribution in [0.1, 0.15) is 70.0 Å². The molecule has 0 aliphatic heterocycles. The van der Waals surface area contributed by atoms with Gasteiger partial charge in [-0.05, 0) is 11.7 Å². The normalized spacial score (nSPS) is 10.3. The Morgan fingerprint density at radius 3 is 1.87 bits per heavy atom. The van der Waals surface area contributed by atoms with Crippen molar-refractivity contribution in [3.63, 3.8) is 0 Å². The molecule has 0 unspecified atom stereocenters. The number of esters is 1. The van der Waals surface area contributed by atoms with E-state index in [4.69, 9.17) is 23.0 Å². The first-order valence-corrected chi connectivity index (χ1v) is 19.9. The molecule has 0 amide bonds. The third-order valence-electron chi connectivity index (χ3n) is 6.09. The van der Waals surface area contributed by atoms with Gasteiger partial charge in [-0.25, -0.2) is 0 Å². The van der Waals surface area contributed by atoms with Gasteiger partial charge in [-0.3, -0.25) is 0 Å². The van der Waals surface area contributed by atoms with E-state index in [-0.39, 0.29) is 35.0 Å². The van der Waals surface area contributed by atoms with Crippen molar-refractivity contribution < 1.29 is 19.4 Å². The minimum atomic E-state index is -0.897. The van der Waals surface area contributed by atoms with Crippen LogP contribution in [-0.2, 0) is 4.74 Å². The van der Waals surface area contributed by atoms with E-state index >= 15 is 0 Å². The van der Waals surface area contributed by atoms with Gasteiger partial charge < -0.3 is 0 Å². The number of hydrogen-bond acceptors (Lipinski definition) is 7. The van der Waals surface area contributed by atoms with Crippen molar-refractivity contribution in [2.45, 2.75) is 60.3 Å². The molecule has 0 aliphatic rings. The zero-order valence-corrected chi connectivity index (χ0v) is 33.0. The van der Waals surface area contributed by atoms with Gasteiger partial charge in [0, 0.05) is 0 Å². The summed E-state index contributed by atoms with van der Waals surface area (Å²) in [5.74, 6) is 2.11. The monoisotopic (exact) mass is 804 g/mol. The van der Waals surface area contributed by atoms with E-state index in [1.54, 1.807) is 25.6 Å². The van der Waals surface area contributed by atoms with Gasteiger partial charge in [-0.15, -0.1) is 0 Å². The molecule has 1 N–H and O–H groups in total. The van der Waals surface area contributed by atoms with Crippen LogP contribution in [0.3, 0.4) is 0 Å². The molecule has 0 radical (unpaired) electrons. The van der Waals surface area contributed by atoms with Crippen LogP contribution in [0.4, 0.5) is 11.4 Å². The van der Waals surface area contributed by atoms with Gasteiger partial charge in [0.15, 0.2) is 0 Å². The molecule has 8 nitrogen and oxygen atoms in total. The number of carbonyl (C=O) groups excluding carboxylic acids is 1. The first kappa shape index (κ1) is 40.1. The Labute approximate surface area is 299 Å². The first-order chi connectivity index (χ1) is 22.3. The molecule has 2 aromatic carbocycles. The number of carbonyl (C=O) groups is 2. The third kappa shape index (κ3) is 12.1. The number of benzene rings is 2. The zero-order valence-electron chi connectivity index (χ0n) is 27.9. The summed E-state index contributed by atoms with van der Waals surface area (Å²) < 4.78 is 7.76. The number of carboxylic acids is 1. The Morgan fingerprint density at radius 2 is 1.40 bits per heavy atom. The molecule has 0 spiro atoms. The molecule has 0 saturated carbocycles. The molecular weight excluding hydrogens is 762 g/mol. The van der Waals surface area contributed by atoms with E-state index in [1.165, 1.54) is 0 Å². The number of aryl methyl sites for hydroxylation is 3. The maximum atomic E-state index is 11.8. The molecule has 0 aliphatic carbocycles. The number of ether oxygens (including phenoxy) is 1. The number of rotatable bonds is 9. The Bertz CT molecular complexity index is 1770. The molecule has 2 aromatic heterocycles. The van der Waals surface area contributed by atoms with Crippen LogP contribution in [0.25, 0.3) is 30.0 Å². The number of thiol groups is 1. The Kier molecular flexibility index (Phi) is 16.8. The molecule has 2 heterocycles. The molecule has 0 atom stereocenters. The summed E-state index contributed by atoms with van der Waals surface area (Å²) in [4.78, 5) is 39.9. The maximum absolute atomic E-state index is 11.8. The van der Waals surface area contributed by atoms with Gasteiger partial charge in [0.2, 0.25) is 0 Å². The van der Waals surface area contributed by atoms with Crippen molar-refractivity contribution in [1.82, 2.24) is 9.97 Å². The fourth-order valence-corrected chi connectivity index (χ4v) is 8.43. The van der Waals surface area contributed by atoms with Crippen LogP contribution in [0.5, 0.6) is 0 Å². The van der Waals surface area contributed by atoms with Crippen molar-refractivity contribution in [3.05, 3.63) is 85.1 Å². The second-order valence-electron chi connectivity index (χ2n) is 11.1. The van der Waals surface area contributed by atoms with E-state index in [2.05, 4.69) is 60.0 Å². The second-order valence-corrected chi connectivity index (χ2v) is 16.7. The van der Waals surface area contributed by atoms with E-state index in [0.717, 1.165) is 53.8 Å². The van der Waals surface area contributed by atoms with Crippen LogP contribution in [0, 0.1) is 45.8 Å². The predicted molar refractivity (Wildman–Crippen MR) is 197 cm³/mol. The molecule has 248 valence electrons. The number of aromatic nitrogens is 2. The SMILES string of the molecule is CC(C)CS.[C-]#[N+]c1cc(-c2nc(C)c(C(=O)O)[se]2)ccc1SCC(C)C.[C-]#[N+]c1cc(-c2nc(C)c(C(=O)OCC)[se]2)ccc1C. The summed E-state index contributed by atoms with van der Waals surface area (Å²) in [7, 11) is 0. The average Bonchev–Trinajstić information content (AvgIpc) is 3.63. The van der Waals surface area contributed by atoms with Crippen LogP contribution < -0.4 is 0 Å². The molecule has 4 aromatic rings. The molecule has 12 heteroatoms. The van der Waals surface area contributed by atoms with Gasteiger partial charge in [0.25, 0.3) is 0 Å². The fraction of sp³-hybridized carbons (Fsp3) is 0.371. The van der Waals surface area contributed by atoms with Gasteiger partial charge >= 0.3 is 264 Å². The number of aromatic carboxylic acids is 1. The van der Waals surface area contributed by atoms with Crippen LogP contribution in [-0.4, -0.2) is 74.1 Å². The van der Waals surface area contributed by atoms with Crippen LogP contribution >= 0.6 is 24.4 Å². The first-order valence-electron chi connectivity index (χ1n) is 14.8. The van der Waals surface area contributed by atoms with Crippen molar-refractivity contribution in [2.75, 3.05) is 18.1 Å². The topological polar surface area (TPSA) is 98.1 Å². The van der Waals surface area contributed by atoms with Gasteiger partial charge in [-0.2, -0.15) is 12.6 Å².